The van der Waals surface area contributed by atoms with E-state index in [0.717, 1.165) is 5.56 Å². The van der Waals surface area contributed by atoms with Crippen molar-refractivity contribution in [3.8, 4) is 11.5 Å². The summed E-state index contributed by atoms with van der Waals surface area (Å²) in [7, 11) is -1.61. The van der Waals surface area contributed by atoms with Gasteiger partial charge in [0.2, 0.25) is 0 Å². The molecule has 1 aromatic carbocycles. The molecule has 2 rings (SSSR count). The Kier molecular flexibility index (Phi) is 6.85. The molecule has 0 amide bonds. The molecule has 1 aliphatic heterocycles. The zero-order valence-electron chi connectivity index (χ0n) is 18.9. The number of hydrogen-bond acceptors (Lipinski definition) is 4. The van der Waals surface area contributed by atoms with Gasteiger partial charge in [-0.25, -0.2) is 0 Å². The van der Waals surface area contributed by atoms with E-state index < -0.39 is 14.1 Å². The Morgan fingerprint density at radius 2 is 1.39 bits per heavy atom. The zero-order valence-corrected chi connectivity index (χ0v) is 19.9. The average Bonchev–Trinajstić information content (AvgIpc) is 2.74. The van der Waals surface area contributed by atoms with Crippen molar-refractivity contribution in [3.05, 3.63) is 35.9 Å². The summed E-state index contributed by atoms with van der Waals surface area (Å²) in [6, 6.07) is 9.21. The van der Waals surface area contributed by atoms with Gasteiger partial charge in [0.25, 0.3) is 0 Å². The predicted molar refractivity (Wildman–Crippen MR) is 117 cm³/mol. The molecule has 0 radical (unpaired) electrons. The molecule has 156 valence electrons. The van der Waals surface area contributed by atoms with Crippen LogP contribution in [0.4, 0.5) is 0 Å². The summed E-state index contributed by atoms with van der Waals surface area (Å²) in [6.07, 6.45) is -0.703. The van der Waals surface area contributed by atoms with Crippen molar-refractivity contribution in [1.82, 2.24) is 5.06 Å². The van der Waals surface area contributed by atoms with Gasteiger partial charge >= 0.3 is 0 Å². The van der Waals surface area contributed by atoms with E-state index in [9.17, 15) is 5.21 Å². The third-order valence-electron chi connectivity index (χ3n) is 4.23. The maximum Gasteiger partial charge on any atom is 0.129 e. The Hall–Kier alpha value is -1.16. The summed E-state index contributed by atoms with van der Waals surface area (Å²) < 4.78 is 12.9. The van der Waals surface area contributed by atoms with Crippen molar-refractivity contribution >= 4 is 8.07 Å². The van der Waals surface area contributed by atoms with Gasteiger partial charge in [-0.1, -0.05) is 55.9 Å². The molecule has 5 heteroatoms. The first-order valence-corrected chi connectivity index (χ1v) is 13.6. The lowest BCUT2D eigenvalue weighted by Gasteiger charge is -2.35. The predicted octanol–water partition coefficient (Wildman–Crippen LogP) is 5.05. The fourth-order valence-corrected chi connectivity index (χ4v) is 3.93. The van der Waals surface area contributed by atoms with E-state index in [2.05, 4.69) is 31.1 Å². The van der Waals surface area contributed by atoms with Crippen molar-refractivity contribution < 1.29 is 14.7 Å². The minimum atomic E-state index is -1.61. The summed E-state index contributed by atoms with van der Waals surface area (Å²) in [5.41, 5.74) is 3.66. The normalized spacial score (nSPS) is 26.8. The van der Waals surface area contributed by atoms with Crippen LogP contribution in [0.1, 0.15) is 53.1 Å². The quantitative estimate of drug-likeness (QED) is 0.566. The van der Waals surface area contributed by atoms with Crippen LogP contribution in [0.15, 0.2) is 30.3 Å². The van der Waals surface area contributed by atoms with Crippen molar-refractivity contribution in [2.24, 2.45) is 0 Å². The first-order valence-electron chi connectivity index (χ1n) is 10.1. The molecular weight excluding hydrogens is 366 g/mol. The van der Waals surface area contributed by atoms with Gasteiger partial charge in [0.1, 0.15) is 26.3 Å². The van der Waals surface area contributed by atoms with Crippen LogP contribution in [0.5, 0.6) is 0 Å². The van der Waals surface area contributed by atoms with Gasteiger partial charge in [0.15, 0.2) is 0 Å². The van der Waals surface area contributed by atoms with Gasteiger partial charge < -0.3 is 14.7 Å². The molecule has 4 nitrogen and oxygen atoms in total. The molecule has 4 atom stereocenters. The van der Waals surface area contributed by atoms with Crippen LogP contribution < -0.4 is 0 Å². The Bertz CT molecular complexity index is 704. The standard InChI is InChI=1S/C23H37NO3Si/c1-22(2,3)26-20-18(15-16-28(7,8)9)24(25)19(17-13-11-10-12-14-17)21(20)27-23(4,5)6/h10-14,18-21,25H,1-9H3/t18-,19-,20-,21-/m0/s1. The molecule has 0 bridgehead atoms. The fourth-order valence-electron chi connectivity index (χ4n) is 3.34. The fraction of sp³-hybridized carbons (Fsp3) is 0.652. The van der Waals surface area contributed by atoms with Gasteiger partial charge in [0.05, 0.1) is 17.2 Å². The van der Waals surface area contributed by atoms with E-state index >= 15 is 0 Å². The summed E-state index contributed by atoms with van der Waals surface area (Å²) in [5, 5.41) is 12.6. The molecule has 1 aromatic rings. The highest BCUT2D eigenvalue weighted by molar-refractivity contribution is 6.83. The first kappa shape index (κ1) is 23.1. The van der Waals surface area contributed by atoms with Crippen LogP contribution >= 0.6 is 0 Å². The minimum absolute atomic E-state index is 0.339. The molecule has 1 N–H and O–H groups in total. The molecule has 1 heterocycles. The lowest BCUT2D eigenvalue weighted by Crippen LogP contribution is -2.44. The lowest BCUT2D eigenvalue weighted by atomic mass is 9.99. The van der Waals surface area contributed by atoms with E-state index in [1.54, 1.807) is 0 Å². The maximum atomic E-state index is 11.2. The molecule has 28 heavy (non-hydrogen) atoms. The van der Waals surface area contributed by atoms with Crippen LogP contribution in [0.2, 0.25) is 19.6 Å². The summed E-state index contributed by atoms with van der Waals surface area (Å²) in [4.78, 5) is 0. The molecule has 1 fully saturated rings. The highest BCUT2D eigenvalue weighted by Gasteiger charge is 2.53. The maximum absolute atomic E-state index is 11.2. The second kappa shape index (κ2) is 8.29. The molecule has 0 saturated carbocycles. The molecule has 1 aliphatic rings. The first-order chi connectivity index (χ1) is 12.7. The third kappa shape index (κ3) is 6.43. The number of ether oxygens (including phenoxy) is 2. The molecular formula is C23H37NO3Si. The van der Waals surface area contributed by atoms with Gasteiger partial charge in [-0.15, -0.1) is 5.54 Å². The van der Waals surface area contributed by atoms with E-state index in [1.165, 1.54) is 5.06 Å². The monoisotopic (exact) mass is 403 g/mol. The van der Waals surface area contributed by atoms with Gasteiger partial charge in [-0.2, -0.15) is 5.06 Å². The highest BCUT2D eigenvalue weighted by atomic mass is 28.3. The average molecular weight is 404 g/mol. The number of benzene rings is 1. The van der Waals surface area contributed by atoms with Crippen LogP contribution in [0, 0.1) is 11.5 Å². The third-order valence-corrected chi connectivity index (χ3v) is 5.13. The Morgan fingerprint density at radius 3 is 1.86 bits per heavy atom. The van der Waals surface area contributed by atoms with E-state index in [-0.39, 0.29) is 29.5 Å². The number of nitrogens with zero attached hydrogens (tertiary/aromatic N) is 1. The van der Waals surface area contributed by atoms with Gasteiger partial charge in [0, 0.05) is 0 Å². The topological polar surface area (TPSA) is 41.9 Å². The van der Waals surface area contributed by atoms with Crippen molar-refractivity contribution in [1.29, 1.82) is 0 Å². The highest BCUT2D eigenvalue weighted by Crippen LogP contribution is 2.41. The van der Waals surface area contributed by atoms with Gasteiger partial charge in [-0.05, 0) is 47.1 Å². The van der Waals surface area contributed by atoms with E-state index in [4.69, 9.17) is 9.47 Å². The summed E-state index contributed by atoms with van der Waals surface area (Å²) in [5.74, 6) is 3.34. The van der Waals surface area contributed by atoms with E-state index in [1.807, 2.05) is 71.9 Å². The Balaban J connectivity index is 2.55. The van der Waals surface area contributed by atoms with Gasteiger partial charge in [-0.3, -0.25) is 0 Å². The van der Waals surface area contributed by atoms with Crippen LogP contribution in [0.25, 0.3) is 0 Å². The van der Waals surface area contributed by atoms with Crippen molar-refractivity contribution in [2.75, 3.05) is 0 Å². The number of hydroxylamine groups is 2. The van der Waals surface area contributed by atoms with Crippen LogP contribution in [-0.4, -0.2) is 47.8 Å². The van der Waals surface area contributed by atoms with E-state index in [0.29, 0.717) is 0 Å². The zero-order chi connectivity index (χ0) is 21.3. The summed E-state index contributed by atoms with van der Waals surface area (Å²) >= 11 is 0. The number of rotatable bonds is 3. The lowest BCUT2D eigenvalue weighted by molar-refractivity contribution is -0.158. The largest absolute Gasteiger partial charge is 0.368 e. The van der Waals surface area contributed by atoms with Crippen LogP contribution in [-0.2, 0) is 9.47 Å². The van der Waals surface area contributed by atoms with Crippen molar-refractivity contribution in [3.63, 3.8) is 0 Å². The molecule has 0 spiro atoms. The van der Waals surface area contributed by atoms with Crippen LogP contribution in [0.3, 0.4) is 0 Å². The number of hydrogen-bond donors (Lipinski definition) is 1. The second-order valence-corrected chi connectivity index (χ2v) is 15.3. The molecule has 0 unspecified atom stereocenters. The minimum Gasteiger partial charge on any atom is -0.368 e. The Morgan fingerprint density at radius 1 is 0.893 bits per heavy atom. The summed E-state index contributed by atoms with van der Waals surface area (Å²) in [6.45, 7) is 18.8. The molecule has 0 aromatic heterocycles. The molecule has 0 aliphatic carbocycles. The Labute approximate surface area is 172 Å². The smallest absolute Gasteiger partial charge is 0.129 e. The van der Waals surface area contributed by atoms with Crippen molar-refractivity contribution in [2.45, 2.75) is 96.7 Å². The SMILES string of the molecule is CC(C)(C)O[C@@H]1[C@@H](OC(C)(C)C)[C@H](c2ccccc2)N(O)[C@H]1C#C[Si](C)(C)C. The molecule has 1 saturated heterocycles. The second-order valence-electron chi connectivity index (χ2n) is 10.6.